The highest BCUT2D eigenvalue weighted by Gasteiger charge is 2.17. The van der Waals surface area contributed by atoms with Crippen LogP contribution in [0.25, 0.3) is 17.1 Å². The largest absolute Gasteiger partial charge is 0.324 e. The van der Waals surface area contributed by atoms with Crippen LogP contribution in [0.15, 0.2) is 82.4 Å². The van der Waals surface area contributed by atoms with Crippen LogP contribution >= 0.6 is 27.7 Å². The first-order valence-corrected chi connectivity index (χ1v) is 11.6. The standard InChI is InChI=1S/C24H21BrN4OS/c1-16-13-20(25)21(14-17(16)2)26-22(30)15-31-24-28-27-23(18-9-5-3-6-10-18)29(24)19-11-7-4-8-12-19/h3-14H,15H2,1-2H3,(H,26,30). The van der Waals surface area contributed by atoms with E-state index in [4.69, 9.17) is 0 Å². The van der Waals surface area contributed by atoms with E-state index in [-0.39, 0.29) is 11.7 Å². The molecule has 4 rings (SSSR count). The lowest BCUT2D eigenvalue weighted by molar-refractivity contribution is -0.113. The molecule has 0 spiro atoms. The summed E-state index contributed by atoms with van der Waals surface area (Å²) in [5, 5.41) is 12.4. The molecule has 0 bridgehead atoms. The number of nitrogens with zero attached hydrogens (tertiary/aromatic N) is 3. The SMILES string of the molecule is Cc1cc(Br)c(NC(=O)CSc2nnc(-c3ccccc3)n2-c2ccccc2)cc1C. The molecular formula is C24H21BrN4OS. The molecule has 0 saturated carbocycles. The smallest absolute Gasteiger partial charge is 0.234 e. The van der Waals surface area contributed by atoms with Gasteiger partial charge in [-0.25, -0.2) is 0 Å². The van der Waals surface area contributed by atoms with Crippen molar-refractivity contribution in [3.8, 4) is 17.1 Å². The highest BCUT2D eigenvalue weighted by Crippen LogP contribution is 2.29. The van der Waals surface area contributed by atoms with E-state index in [1.165, 1.54) is 17.3 Å². The number of benzene rings is 3. The van der Waals surface area contributed by atoms with Gasteiger partial charge in [0.1, 0.15) is 0 Å². The minimum absolute atomic E-state index is 0.0992. The molecule has 7 heteroatoms. The summed E-state index contributed by atoms with van der Waals surface area (Å²) < 4.78 is 2.85. The number of thioether (sulfide) groups is 1. The summed E-state index contributed by atoms with van der Waals surface area (Å²) in [6.45, 7) is 4.07. The van der Waals surface area contributed by atoms with Crippen LogP contribution in [0.4, 0.5) is 5.69 Å². The topological polar surface area (TPSA) is 59.8 Å². The molecular weight excluding hydrogens is 472 g/mol. The van der Waals surface area contributed by atoms with Gasteiger partial charge in [-0.3, -0.25) is 9.36 Å². The number of anilines is 1. The van der Waals surface area contributed by atoms with Crippen molar-refractivity contribution in [2.75, 3.05) is 11.1 Å². The predicted molar refractivity (Wildman–Crippen MR) is 130 cm³/mol. The van der Waals surface area contributed by atoms with Crippen molar-refractivity contribution in [2.45, 2.75) is 19.0 Å². The average Bonchev–Trinajstić information content (AvgIpc) is 3.21. The lowest BCUT2D eigenvalue weighted by Crippen LogP contribution is -2.15. The number of nitrogens with one attached hydrogen (secondary N) is 1. The second kappa shape index (κ2) is 9.49. The molecule has 0 atom stereocenters. The number of halogens is 1. The maximum atomic E-state index is 12.6. The van der Waals surface area contributed by atoms with Gasteiger partial charge >= 0.3 is 0 Å². The van der Waals surface area contributed by atoms with Gasteiger partial charge in [0.25, 0.3) is 0 Å². The lowest BCUT2D eigenvalue weighted by atomic mass is 10.1. The summed E-state index contributed by atoms with van der Waals surface area (Å²) in [4.78, 5) is 12.6. The van der Waals surface area contributed by atoms with Gasteiger partial charge in [-0.05, 0) is 65.2 Å². The van der Waals surface area contributed by atoms with Gasteiger partial charge in [0.2, 0.25) is 5.91 Å². The number of aromatic nitrogens is 3. The van der Waals surface area contributed by atoms with Gasteiger partial charge in [-0.15, -0.1) is 10.2 Å². The van der Waals surface area contributed by atoms with Crippen molar-refractivity contribution in [1.82, 2.24) is 14.8 Å². The predicted octanol–water partition coefficient (Wildman–Crippen LogP) is 6.04. The minimum atomic E-state index is -0.0992. The molecule has 1 aromatic heterocycles. The van der Waals surface area contributed by atoms with Gasteiger partial charge in [0.15, 0.2) is 11.0 Å². The fraction of sp³-hybridized carbons (Fsp3) is 0.125. The second-order valence-electron chi connectivity index (χ2n) is 7.10. The Hall–Kier alpha value is -2.90. The van der Waals surface area contributed by atoms with Gasteiger partial charge in [-0.2, -0.15) is 0 Å². The second-order valence-corrected chi connectivity index (χ2v) is 8.89. The Labute approximate surface area is 194 Å². The Morgan fingerprint density at radius 3 is 2.32 bits per heavy atom. The lowest BCUT2D eigenvalue weighted by Gasteiger charge is -2.12. The normalized spacial score (nSPS) is 10.8. The van der Waals surface area contributed by atoms with E-state index in [9.17, 15) is 4.79 Å². The zero-order chi connectivity index (χ0) is 21.8. The van der Waals surface area contributed by atoms with Crippen molar-refractivity contribution >= 4 is 39.3 Å². The number of para-hydroxylation sites is 1. The number of aryl methyl sites for hydroxylation is 2. The highest BCUT2D eigenvalue weighted by molar-refractivity contribution is 9.10. The van der Waals surface area contributed by atoms with Crippen LogP contribution in [0.2, 0.25) is 0 Å². The quantitative estimate of drug-likeness (QED) is 0.333. The van der Waals surface area contributed by atoms with Gasteiger partial charge in [0, 0.05) is 15.7 Å². The first kappa shape index (κ1) is 21.3. The van der Waals surface area contributed by atoms with E-state index in [2.05, 4.69) is 31.4 Å². The molecule has 0 aliphatic heterocycles. The van der Waals surface area contributed by atoms with E-state index in [1.54, 1.807) is 0 Å². The molecule has 0 radical (unpaired) electrons. The average molecular weight is 493 g/mol. The number of carbonyl (C=O) groups excluding carboxylic acids is 1. The van der Waals surface area contributed by atoms with Gasteiger partial charge in [-0.1, -0.05) is 60.3 Å². The molecule has 31 heavy (non-hydrogen) atoms. The zero-order valence-electron chi connectivity index (χ0n) is 17.2. The van der Waals surface area contributed by atoms with Crippen LogP contribution in [0.3, 0.4) is 0 Å². The zero-order valence-corrected chi connectivity index (χ0v) is 19.6. The molecule has 0 unspecified atom stereocenters. The molecule has 1 N–H and O–H groups in total. The van der Waals surface area contributed by atoms with Crippen molar-refractivity contribution in [3.05, 3.63) is 88.4 Å². The summed E-state index contributed by atoms with van der Waals surface area (Å²) in [6.07, 6.45) is 0. The van der Waals surface area contributed by atoms with Crippen LogP contribution < -0.4 is 5.32 Å². The fourth-order valence-electron chi connectivity index (χ4n) is 3.14. The van der Waals surface area contributed by atoms with Crippen LogP contribution in [-0.4, -0.2) is 26.4 Å². The Morgan fingerprint density at radius 2 is 1.61 bits per heavy atom. The Morgan fingerprint density at radius 1 is 0.968 bits per heavy atom. The van der Waals surface area contributed by atoms with E-state index >= 15 is 0 Å². The first-order valence-electron chi connectivity index (χ1n) is 9.78. The molecule has 1 heterocycles. The van der Waals surface area contributed by atoms with Gasteiger partial charge < -0.3 is 5.32 Å². The molecule has 0 saturated heterocycles. The van der Waals surface area contributed by atoms with Crippen LogP contribution in [-0.2, 0) is 4.79 Å². The summed E-state index contributed by atoms with van der Waals surface area (Å²) in [7, 11) is 0. The number of amides is 1. The van der Waals surface area contributed by atoms with Crippen molar-refractivity contribution in [2.24, 2.45) is 0 Å². The first-order chi connectivity index (χ1) is 15.0. The molecule has 0 aliphatic carbocycles. The number of hydrogen-bond donors (Lipinski definition) is 1. The molecule has 156 valence electrons. The summed E-state index contributed by atoms with van der Waals surface area (Å²) >= 11 is 4.89. The third-order valence-corrected chi connectivity index (χ3v) is 6.45. The number of carbonyl (C=O) groups is 1. The fourth-order valence-corrected chi connectivity index (χ4v) is 4.45. The Bertz CT molecular complexity index is 1210. The minimum Gasteiger partial charge on any atom is -0.324 e. The summed E-state index contributed by atoms with van der Waals surface area (Å²) in [6, 6.07) is 23.8. The van der Waals surface area contributed by atoms with Gasteiger partial charge in [0.05, 0.1) is 11.4 Å². The summed E-state index contributed by atoms with van der Waals surface area (Å²) in [5.74, 6) is 0.864. The maximum absolute atomic E-state index is 12.6. The maximum Gasteiger partial charge on any atom is 0.234 e. The van der Waals surface area contributed by atoms with Crippen molar-refractivity contribution < 1.29 is 4.79 Å². The van der Waals surface area contributed by atoms with Crippen molar-refractivity contribution in [3.63, 3.8) is 0 Å². The van der Waals surface area contributed by atoms with E-state index in [0.29, 0.717) is 5.16 Å². The summed E-state index contributed by atoms with van der Waals surface area (Å²) in [5.41, 5.74) is 4.98. The molecule has 1 amide bonds. The third kappa shape index (κ3) is 4.89. The molecule has 0 aliphatic rings. The van der Waals surface area contributed by atoms with Crippen LogP contribution in [0.1, 0.15) is 11.1 Å². The van der Waals surface area contributed by atoms with Crippen LogP contribution in [0.5, 0.6) is 0 Å². The number of rotatable bonds is 6. The van der Waals surface area contributed by atoms with Crippen molar-refractivity contribution in [1.29, 1.82) is 0 Å². The molecule has 0 fully saturated rings. The van der Waals surface area contributed by atoms with Crippen LogP contribution in [0, 0.1) is 13.8 Å². The molecule has 4 aromatic rings. The Balaban J connectivity index is 1.57. The van der Waals surface area contributed by atoms with E-state index in [1.807, 2.05) is 91.2 Å². The van der Waals surface area contributed by atoms with E-state index in [0.717, 1.165) is 32.8 Å². The molecule has 3 aromatic carbocycles. The third-order valence-electron chi connectivity index (χ3n) is 4.87. The monoisotopic (exact) mass is 492 g/mol. The molecule has 5 nitrogen and oxygen atoms in total. The van der Waals surface area contributed by atoms with E-state index < -0.39 is 0 Å². The Kier molecular flexibility index (Phi) is 6.53. The number of hydrogen-bond acceptors (Lipinski definition) is 4. The highest BCUT2D eigenvalue weighted by atomic mass is 79.9.